The third kappa shape index (κ3) is 4.42. The molecule has 1 amide bonds. The van der Waals surface area contributed by atoms with Crippen LogP contribution < -0.4 is 10.8 Å². The van der Waals surface area contributed by atoms with Gasteiger partial charge in [-0.3, -0.25) is 14.9 Å². The van der Waals surface area contributed by atoms with E-state index in [0.29, 0.717) is 6.07 Å². The van der Waals surface area contributed by atoms with Crippen LogP contribution in [0.3, 0.4) is 0 Å². The van der Waals surface area contributed by atoms with Crippen molar-refractivity contribution in [3.8, 4) is 0 Å². The number of guanidine groups is 1. The van der Waals surface area contributed by atoms with Crippen LogP contribution in [0, 0.1) is 0 Å². The fourth-order valence-corrected chi connectivity index (χ4v) is 1.25. The van der Waals surface area contributed by atoms with Crippen molar-refractivity contribution in [3.05, 3.63) is 35.4 Å². The number of alkyl halides is 3. The van der Waals surface area contributed by atoms with Gasteiger partial charge in [-0.25, -0.2) is 5.48 Å². The molecule has 0 aromatic heterocycles. The third-order valence-electron chi connectivity index (χ3n) is 1.97. The lowest BCUT2D eigenvalue weighted by molar-refractivity contribution is -0.137. The van der Waals surface area contributed by atoms with E-state index in [1.807, 2.05) is 0 Å². The lowest BCUT2D eigenvalue weighted by atomic mass is 10.1. The van der Waals surface area contributed by atoms with E-state index in [1.165, 1.54) is 13.2 Å². The van der Waals surface area contributed by atoms with E-state index >= 15 is 0 Å². The normalized spacial score (nSPS) is 12.2. The zero-order valence-corrected chi connectivity index (χ0v) is 10.3. The van der Waals surface area contributed by atoms with Gasteiger partial charge in [-0.2, -0.15) is 13.2 Å². The van der Waals surface area contributed by atoms with Crippen LogP contribution in [0.5, 0.6) is 0 Å². The second-order valence-corrected chi connectivity index (χ2v) is 3.44. The maximum Gasteiger partial charge on any atom is 0.416 e. The number of hydroxylamine groups is 1. The summed E-state index contributed by atoms with van der Waals surface area (Å²) < 4.78 is 40.5. The number of hydrogen-bond acceptors (Lipinski definition) is 3. The number of halogens is 4. The molecule has 9 heteroatoms. The van der Waals surface area contributed by atoms with Gasteiger partial charge in [0.1, 0.15) is 0 Å². The first-order valence-corrected chi connectivity index (χ1v) is 5.19. The number of hydrogen-bond donors (Lipinski definition) is 2. The van der Waals surface area contributed by atoms with Crippen LogP contribution in [-0.4, -0.2) is 19.0 Å². The van der Waals surface area contributed by atoms with E-state index < -0.39 is 17.6 Å². The summed E-state index contributed by atoms with van der Waals surface area (Å²) in [5, 5.41) is 2.14. The zero-order valence-electron chi connectivity index (χ0n) is 9.58. The quantitative estimate of drug-likeness (QED) is 0.499. The van der Waals surface area contributed by atoms with Crippen LogP contribution >= 0.6 is 11.8 Å². The Morgan fingerprint density at radius 3 is 2.63 bits per heavy atom. The highest BCUT2D eigenvalue weighted by Gasteiger charge is 2.30. The molecule has 0 saturated heterocycles. The summed E-state index contributed by atoms with van der Waals surface area (Å²) in [4.78, 5) is 16.1. The molecule has 0 atom stereocenters. The first kappa shape index (κ1) is 15.3. The van der Waals surface area contributed by atoms with Crippen molar-refractivity contribution >= 4 is 23.6 Å². The second-order valence-electron chi connectivity index (χ2n) is 3.27. The predicted molar refractivity (Wildman–Crippen MR) is 62.3 cm³/mol. The smallest absolute Gasteiger partial charge is 0.290 e. The van der Waals surface area contributed by atoms with Crippen LogP contribution in [0.4, 0.5) is 13.2 Å². The summed E-state index contributed by atoms with van der Waals surface area (Å²) in [6, 6.07) is 3.93. The first-order chi connectivity index (χ1) is 8.88. The van der Waals surface area contributed by atoms with Gasteiger partial charge in [0.25, 0.3) is 5.91 Å². The van der Waals surface area contributed by atoms with Crippen LogP contribution in [0.25, 0.3) is 0 Å². The van der Waals surface area contributed by atoms with E-state index in [-0.39, 0.29) is 11.5 Å². The molecular formula is C10H9ClF3N3O2. The average molecular weight is 296 g/mol. The van der Waals surface area contributed by atoms with E-state index in [4.69, 9.17) is 11.8 Å². The average Bonchev–Trinajstić information content (AvgIpc) is 2.37. The molecule has 0 saturated carbocycles. The molecule has 2 N–H and O–H groups in total. The summed E-state index contributed by atoms with van der Waals surface area (Å²) in [6.45, 7) is 0. The Morgan fingerprint density at radius 1 is 1.42 bits per heavy atom. The highest BCUT2D eigenvalue weighted by atomic mass is 35.5. The van der Waals surface area contributed by atoms with E-state index in [0.717, 1.165) is 12.1 Å². The van der Waals surface area contributed by atoms with Gasteiger partial charge in [-0.1, -0.05) is 6.07 Å². The maximum atomic E-state index is 12.5. The molecule has 1 aromatic rings. The van der Waals surface area contributed by atoms with Gasteiger partial charge in [0.05, 0.1) is 12.7 Å². The molecule has 5 nitrogen and oxygen atoms in total. The number of nitrogens with zero attached hydrogens (tertiary/aromatic N) is 1. The Labute approximate surface area is 111 Å². The van der Waals surface area contributed by atoms with Gasteiger partial charge in [0.15, 0.2) is 0 Å². The molecule has 19 heavy (non-hydrogen) atoms. The van der Waals surface area contributed by atoms with Gasteiger partial charge >= 0.3 is 6.18 Å². The molecular weight excluding hydrogens is 287 g/mol. The van der Waals surface area contributed by atoms with Gasteiger partial charge in [0.2, 0.25) is 5.96 Å². The summed E-state index contributed by atoms with van der Waals surface area (Å²) >= 11 is 5.13. The summed E-state index contributed by atoms with van der Waals surface area (Å²) in [5.41, 5.74) is 1.03. The van der Waals surface area contributed by atoms with Crippen LogP contribution in [0.2, 0.25) is 0 Å². The molecule has 0 spiro atoms. The summed E-state index contributed by atoms with van der Waals surface area (Å²) in [5.74, 6) is -1.05. The van der Waals surface area contributed by atoms with Crippen molar-refractivity contribution in [1.82, 2.24) is 10.8 Å². The number of nitrogens with one attached hydrogen (secondary N) is 2. The highest BCUT2D eigenvalue weighted by molar-refractivity contribution is 6.21. The third-order valence-corrected chi connectivity index (χ3v) is 2.14. The van der Waals surface area contributed by atoms with Gasteiger partial charge in [-0.15, -0.1) is 4.51 Å². The number of amides is 1. The predicted octanol–water partition coefficient (Wildman–Crippen LogP) is 2.10. The standard InChI is InChI=1S/C10H9ClF3N3O2/c1-19-17-9(16-11)15-8(18)6-3-2-4-7(5-6)10(12,13)14/h2-5H,1H3,(H2,15,16,17,18). The Balaban J connectivity index is 2.89. The van der Waals surface area contributed by atoms with Crippen molar-refractivity contribution in [2.75, 3.05) is 7.11 Å². The Bertz CT molecular complexity index is 491. The monoisotopic (exact) mass is 295 g/mol. The minimum atomic E-state index is -4.52. The Morgan fingerprint density at radius 2 is 2.11 bits per heavy atom. The molecule has 0 aliphatic carbocycles. The topological polar surface area (TPSA) is 62.7 Å². The molecule has 1 aromatic carbocycles. The first-order valence-electron chi connectivity index (χ1n) is 4.85. The Hall–Kier alpha value is -1.80. The van der Waals surface area contributed by atoms with Crippen molar-refractivity contribution < 1.29 is 22.8 Å². The molecule has 0 aliphatic rings. The molecule has 0 radical (unpaired) electrons. The number of rotatable bonds is 2. The Kier molecular flexibility index (Phi) is 5.13. The molecule has 0 bridgehead atoms. The van der Waals surface area contributed by atoms with E-state index in [2.05, 4.69) is 20.1 Å². The van der Waals surface area contributed by atoms with Crippen molar-refractivity contribution in [1.29, 1.82) is 0 Å². The minimum Gasteiger partial charge on any atom is -0.290 e. The molecule has 0 aliphatic heterocycles. The molecule has 0 unspecified atom stereocenters. The van der Waals surface area contributed by atoms with Crippen LogP contribution in [0.15, 0.2) is 28.8 Å². The molecule has 1 rings (SSSR count). The van der Waals surface area contributed by atoms with Gasteiger partial charge < -0.3 is 0 Å². The second kappa shape index (κ2) is 6.39. The summed E-state index contributed by atoms with van der Waals surface area (Å²) in [6.07, 6.45) is -4.52. The lowest BCUT2D eigenvalue weighted by Crippen LogP contribution is -2.40. The van der Waals surface area contributed by atoms with Crippen molar-refractivity contribution in [3.63, 3.8) is 0 Å². The molecule has 0 fully saturated rings. The van der Waals surface area contributed by atoms with Crippen molar-refractivity contribution in [2.45, 2.75) is 6.18 Å². The lowest BCUT2D eigenvalue weighted by Gasteiger charge is -2.10. The van der Waals surface area contributed by atoms with Crippen LogP contribution in [-0.2, 0) is 11.0 Å². The highest BCUT2D eigenvalue weighted by Crippen LogP contribution is 2.29. The summed E-state index contributed by atoms with van der Waals surface area (Å²) in [7, 11) is 1.25. The SMILES string of the molecule is CONC(=NCl)NC(=O)c1cccc(C(F)(F)F)c1. The maximum absolute atomic E-state index is 12.5. The zero-order chi connectivity index (χ0) is 14.5. The fourth-order valence-electron chi connectivity index (χ4n) is 1.18. The van der Waals surface area contributed by atoms with E-state index in [1.54, 1.807) is 0 Å². The number of benzene rings is 1. The molecule has 104 valence electrons. The van der Waals surface area contributed by atoms with Gasteiger partial charge in [-0.05, 0) is 18.2 Å². The minimum absolute atomic E-state index is 0.189. The number of carbonyl (C=O) groups excluding carboxylic acids is 1. The van der Waals surface area contributed by atoms with E-state index in [9.17, 15) is 18.0 Å². The van der Waals surface area contributed by atoms with Gasteiger partial charge in [0, 0.05) is 17.3 Å². The van der Waals surface area contributed by atoms with Crippen molar-refractivity contribution in [2.24, 2.45) is 4.51 Å². The number of carbonyl (C=O) groups is 1. The fraction of sp³-hybridized carbons (Fsp3) is 0.200. The largest absolute Gasteiger partial charge is 0.416 e. The van der Waals surface area contributed by atoms with Crippen LogP contribution in [0.1, 0.15) is 15.9 Å². The molecule has 0 heterocycles.